The smallest absolute Gasteiger partial charge is 0.237 e. The molecule has 0 spiro atoms. The predicted octanol–water partition coefficient (Wildman–Crippen LogP) is 4.14. The van der Waals surface area contributed by atoms with Crippen LogP contribution < -0.4 is 10.1 Å². The molecule has 0 aliphatic carbocycles. The van der Waals surface area contributed by atoms with Gasteiger partial charge in [-0.15, -0.1) is 0 Å². The van der Waals surface area contributed by atoms with E-state index < -0.39 is 0 Å². The lowest BCUT2D eigenvalue weighted by Gasteiger charge is -2.21. The van der Waals surface area contributed by atoms with Crippen molar-refractivity contribution in [1.82, 2.24) is 4.98 Å². The van der Waals surface area contributed by atoms with E-state index in [4.69, 9.17) is 4.74 Å². The van der Waals surface area contributed by atoms with Gasteiger partial charge in [0.15, 0.2) is 0 Å². The van der Waals surface area contributed by atoms with Gasteiger partial charge in [0.1, 0.15) is 5.75 Å². The third-order valence-corrected chi connectivity index (χ3v) is 3.15. The summed E-state index contributed by atoms with van der Waals surface area (Å²) in [6, 6.07) is 11.3. The first-order chi connectivity index (χ1) is 10.1. The average Bonchev–Trinajstić information content (AvgIpc) is 2.47. The number of hydrogen-bond donors (Lipinski definition) is 2. The van der Waals surface area contributed by atoms with Crippen molar-refractivity contribution in [3.8, 4) is 11.6 Å². The molecule has 112 valence electrons. The lowest BCUT2D eigenvalue weighted by Crippen LogP contribution is -2.13. The van der Waals surface area contributed by atoms with Crippen molar-refractivity contribution in [2.24, 2.45) is 0 Å². The average molecular weight is 286 g/mol. The van der Waals surface area contributed by atoms with Crippen LogP contribution in [0.25, 0.3) is 0 Å². The second-order valence-electron chi connectivity index (χ2n) is 5.22. The van der Waals surface area contributed by atoms with E-state index in [0.29, 0.717) is 5.88 Å². The molecule has 2 aromatic rings. The molecule has 1 atom stereocenters. The highest BCUT2D eigenvalue weighted by atomic mass is 16.5. The van der Waals surface area contributed by atoms with Crippen molar-refractivity contribution >= 4 is 5.69 Å². The van der Waals surface area contributed by atoms with Gasteiger partial charge in [0, 0.05) is 6.20 Å². The van der Waals surface area contributed by atoms with E-state index in [1.54, 1.807) is 18.3 Å². The second kappa shape index (κ2) is 6.97. The third-order valence-electron chi connectivity index (χ3n) is 3.15. The summed E-state index contributed by atoms with van der Waals surface area (Å²) in [6.45, 7) is 6.08. The van der Waals surface area contributed by atoms with Gasteiger partial charge in [-0.1, -0.05) is 19.1 Å². The van der Waals surface area contributed by atoms with Gasteiger partial charge in [-0.25, -0.2) is 4.98 Å². The van der Waals surface area contributed by atoms with Crippen LogP contribution in [0.15, 0.2) is 42.6 Å². The number of ether oxygens (including phenoxy) is 1. The molecule has 0 aliphatic rings. The highest BCUT2D eigenvalue weighted by molar-refractivity contribution is 5.53. The number of benzene rings is 1. The molecule has 0 fully saturated rings. The fourth-order valence-corrected chi connectivity index (χ4v) is 2.13. The van der Waals surface area contributed by atoms with Gasteiger partial charge in [0.2, 0.25) is 5.88 Å². The number of hydrogen-bond acceptors (Lipinski definition) is 4. The molecule has 0 aliphatic heterocycles. The Balaban J connectivity index is 2.20. The Morgan fingerprint density at radius 3 is 2.52 bits per heavy atom. The van der Waals surface area contributed by atoms with Gasteiger partial charge >= 0.3 is 0 Å². The fourth-order valence-electron chi connectivity index (χ4n) is 2.13. The van der Waals surface area contributed by atoms with Crippen LogP contribution in [0.2, 0.25) is 0 Å². The van der Waals surface area contributed by atoms with E-state index in [-0.39, 0.29) is 17.9 Å². The topological polar surface area (TPSA) is 54.4 Å². The number of nitrogens with one attached hydrogen (secondary N) is 1. The number of phenolic OH excluding ortho intramolecular Hbond substituents is 1. The zero-order valence-corrected chi connectivity index (χ0v) is 12.7. The van der Waals surface area contributed by atoms with Crippen molar-refractivity contribution in [2.45, 2.75) is 39.3 Å². The van der Waals surface area contributed by atoms with Crippen molar-refractivity contribution in [3.05, 3.63) is 48.2 Å². The molecule has 0 radical (unpaired) electrons. The zero-order chi connectivity index (χ0) is 15.2. The summed E-state index contributed by atoms with van der Waals surface area (Å²) < 4.78 is 5.73. The summed E-state index contributed by atoms with van der Waals surface area (Å²) in [7, 11) is 0. The van der Waals surface area contributed by atoms with Gasteiger partial charge in [-0.3, -0.25) is 0 Å². The summed E-state index contributed by atoms with van der Waals surface area (Å²) in [6.07, 6.45) is 2.72. The first kappa shape index (κ1) is 15.2. The Morgan fingerprint density at radius 2 is 1.90 bits per heavy atom. The van der Waals surface area contributed by atoms with Crippen LogP contribution in [0.3, 0.4) is 0 Å². The largest absolute Gasteiger partial charge is 0.508 e. The van der Waals surface area contributed by atoms with Crippen molar-refractivity contribution in [2.75, 3.05) is 5.32 Å². The molecule has 0 saturated carbocycles. The maximum Gasteiger partial charge on any atom is 0.237 e. The minimum Gasteiger partial charge on any atom is -0.508 e. The standard InChI is InChI=1S/C17H22N2O2/c1-4-15(13-7-9-14(20)10-8-13)19-16-6-5-11-18-17(16)21-12(2)3/h5-12,15,19-20H,4H2,1-3H3. The first-order valence-corrected chi connectivity index (χ1v) is 7.27. The van der Waals surface area contributed by atoms with Crippen LogP contribution in [0.1, 0.15) is 38.8 Å². The number of aromatic hydroxyl groups is 1. The molecule has 0 saturated heterocycles. The Morgan fingerprint density at radius 1 is 1.19 bits per heavy atom. The highest BCUT2D eigenvalue weighted by Gasteiger charge is 2.13. The second-order valence-corrected chi connectivity index (χ2v) is 5.22. The van der Waals surface area contributed by atoms with E-state index in [0.717, 1.165) is 17.7 Å². The summed E-state index contributed by atoms with van der Waals surface area (Å²) in [5.41, 5.74) is 2.00. The van der Waals surface area contributed by atoms with E-state index >= 15 is 0 Å². The quantitative estimate of drug-likeness (QED) is 0.838. The lowest BCUT2D eigenvalue weighted by atomic mass is 10.0. The first-order valence-electron chi connectivity index (χ1n) is 7.27. The third kappa shape index (κ3) is 4.12. The van der Waals surface area contributed by atoms with E-state index in [1.807, 2.05) is 38.1 Å². The van der Waals surface area contributed by atoms with Crippen LogP contribution in [0.5, 0.6) is 11.6 Å². The molecule has 4 nitrogen and oxygen atoms in total. The van der Waals surface area contributed by atoms with Gasteiger partial charge in [0.25, 0.3) is 0 Å². The monoisotopic (exact) mass is 286 g/mol. The molecule has 1 unspecified atom stereocenters. The number of nitrogens with zero attached hydrogens (tertiary/aromatic N) is 1. The van der Waals surface area contributed by atoms with Crippen LogP contribution in [0, 0.1) is 0 Å². The van der Waals surface area contributed by atoms with Crippen LogP contribution in [0.4, 0.5) is 5.69 Å². The Hall–Kier alpha value is -2.23. The molecule has 0 amide bonds. The van der Waals surface area contributed by atoms with Crippen molar-refractivity contribution in [3.63, 3.8) is 0 Å². The number of pyridine rings is 1. The number of phenols is 1. The molecular formula is C17H22N2O2. The molecule has 2 N–H and O–H groups in total. The predicted molar refractivity (Wildman–Crippen MR) is 84.8 cm³/mol. The van der Waals surface area contributed by atoms with E-state index in [1.165, 1.54) is 0 Å². The van der Waals surface area contributed by atoms with E-state index in [9.17, 15) is 5.11 Å². The minimum atomic E-state index is 0.0780. The molecule has 1 heterocycles. The number of rotatable bonds is 6. The van der Waals surface area contributed by atoms with Gasteiger partial charge in [-0.2, -0.15) is 0 Å². The normalized spacial score (nSPS) is 12.2. The summed E-state index contributed by atoms with van der Waals surface area (Å²) in [4.78, 5) is 4.29. The zero-order valence-electron chi connectivity index (χ0n) is 12.7. The Kier molecular flexibility index (Phi) is 5.04. The van der Waals surface area contributed by atoms with Crippen molar-refractivity contribution in [1.29, 1.82) is 0 Å². The molecule has 2 rings (SSSR count). The summed E-state index contributed by atoms with van der Waals surface area (Å²) >= 11 is 0. The van der Waals surface area contributed by atoms with Crippen molar-refractivity contribution < 1.29 is 9.84 Å². The molecule has 0 bridgehead atoms. The molecular weight excluding hydrogens is 264 g/mol. The fraction of sp³-hybridized carbons (Fsp3) is 0.353. The van der Waals surface area contributed by atoms with Gasteiger partial charge in [-0.05, 0) is 50.1 Å². The van der Waals surface area contributed by atoms with Gasteiger partial charge < -0.3 is 15.2 Å². The SMILES string of the molecule is CCC(Nc1cccnc1OC(C)C)c1ccc(O)cc1. The summed E-state index contributed by atoms with van der Waals surface area (Å²) in [5, 5.41) is 12.9. The van der Waals surface area contributed by atoms with Crippen LogP contribution >= 0.6 is 0 Å². The molecule has 1 aromatic carbocycles. The number of aromatic nitrogens is 1. The molecule has 21 heavy (non-hydrogen) atoms. The minimum absolute atomic E-state index is 0.0780. The maximum atomic E-state index is 9.39. The van der Waals surface area contributed by atoms with Gasteiger partial charge in [0.05, 0.1) is 17.8 Å². The van der Waals surface area contributed by atoms with Crippen LogP contribution in [-0.4, -0.2) is 16.2 Å². The van der Waals surface area contributed by atoms with E-state index in [2.05, 4.69) is 17.2 Å². The summed E-state index contributed by atoms with van der Waals surface area (Å²) in [5.74, 6) is 0.892. The molecule has 4 heteroatoms. The lowest BCUT2D eigenvalue weighted by molar-refractivity contribution is 0.234. The Bertz CT molecular complexity index is 567. The highest BCUT2D eigenvalue weighted by Crippen LogP contribution is 2.29. The number of anilines is 1. The Labute approximate surface area is 125 Å². The van der Waals surface area contributed by atoms with Crippen LogP contribution in [-0.2, 0) is 0 Å². The maximum absolute atomic E-state index is 9.39. The molecule has 1 aromatic heterocycles.